The number of carbonyl (C=O) groups excluding carboxylic acids is 3. The zero-order valence-electron chi connectivity index (χ0n) is 19.1. The van der Waals surface area contributed by atoms with E-state index in [0.717, 1.165) is 37.7 Å². The van der Waals surface area contributed by atoms with Crippen molar-refractivity contribution in [1.82, 2.24) is 15.1 Å². The van der Waals surface area contributed by atoms with Gasteiger partial charge in [-0.05, 0) is 50.0 Å². The van der Waals surface area contributed by atoms with Gasteiger partial charge in [-0.25, -0.2) is 4.79 Å². The number of hydrogen-bond donors (Lipinski definition) is 2. The second-order valence-electron chi connectivity index (χ2n) is 8.92. The third kappa shape index (κ3) is 6.68. The van der Waals surface area contributed by atoms with Crippen molar-refractivity contribution in [3.63, 3.8) is 0 Å². The highest BCUT2D eigenvalue weighted by atomic mass is 16.6. The Hall–Kier alpha value is -3.12. The van der Waals surface area contributed by atoms with Crippen molar-refractivity contribution in [2.24, 2.45) is 11.7 Å². The number of likely N-dealkylation sites (N-methyl/N-ethyl adjacent to an activating group) is 1. The van der Waals surface area contributed by atoms with Gasteiger partial charge in [-0.3, -0.25) is 9.59 Å². The molecule has 2 atom stereocenters. The Labute approximate surface area is 194 Å². The number of nitrogens with one attached hydrogen (secondary N) is 1. The summed E-state index contributed by atoms with van der Waals surface area (Å²) in [6, 6.07) is 10.6. The second kappa shape index (κ2) is 11.7. The van der Waals surface area contributed by atoms with Gasteiger partial charge in [0.05, 0.1) is 12.1 Å². The maximum atomic E-state index is 12.7. The van der Waals surface area contributed by atoms with Crippen LogP contribution in [0.4, 0.5) is 4.79 Å². The highest BCUT2D eigenvalue weighted by Gasteiger charge is 2.36. The van der Waals surface area contributed by atoms with Gasteiger partial charge < -0.3 is 25.6 Å². The van der Waals surface area contributed by atoms with Crippen LogP contribution in [0, 0.1) is 17.2 Å². The van der Waals surface area contributed by atoms with E-state index in [9.17, 15) is 19.6 Å². The first kappa shape index (κ1) is 24.5. The van der Waals surface area contributed by atoms with Crippen LogP contribution >= 0.6 is 0 Å². The molecule has 9 nitrogen and oxygen atoms in total. The summed E-state index contributed by atoms with van der Waals surface area (Å²) >= 11 is 0. The molecular formula is C24H33N5O4. The number of nitriles is 1. The summed E-state index contributed by atoms with van der Waals surface area (Å²) in [5, 5.41) is 12.2. The molecule has 0 unspecified atom stereocenters. The number of benzene rings is 1. The Bertz CT molecular complexity index is 863. The van der Waals surface area contributed by atoms with Crippen LogP contribution in [0.1, 0.15) is 44.1 Å². The number of hydrogen-bond acceptors (Lipinski definition) is 6. The summed E-state index contributed by atoms with van der Waals surface area (Å²) in [5.74, 6) is -0.338. The third-order valence-electron chi connectivity index (χ3n) is 6.51. The number of likely N-dealkylation sites (tertiary alicyclic amines) is 1. The van der Waals surface area contributed by atoms with Gasteiger partial charge in [0.15, 0.2) is 0 Å². The van der Waals surface area contributed by atoms with Crippen molar-refractivity contribution in [3.8, 4) is 6.07 Å². The van der Waals surface area contributed by atoms with Gasteiger partial charge in [-0.15, -0.1) is 0 Å². The van der Waals surface area contributed by atoms with Crippen LogP contribution in [-0.2, 0) is 20.9 Å². The Balaban J connectivity index is 1.37. The molecule has 0 aromatic heterocycles. The molecular weight excluding hydrogens is 422 g/mol. The molecule has 1 saturated carbocycles. The van der Waals surface area contributed by atoms with Crippen LogP contribution in [0.25, 0.3) is 0 Å². The summed E-state index contributed by atoms with van der Waals surface area (Å²) < 4.78 is 5.24. The van der Waals surface area contributed by atoms with E-state index in [-0.39, 0.29) is 43.0 Å². The lowest BCUT2D eigenvalue weighted by molar-refractivity contribution is -0.134. The third-order valence-corrected chi connectivity index (χ3v) is 6.51. The van der Waals surface area contributed by atoms with Gasteiger partial charge in [0.1, 0.15) is 19.2 Å². The van der Waals surface area contributed by atoms with Crippen molar-refractivity contribution in [1.29, 1.82) is 5.26 Å². The van der Waals surface area contributed by atoms with E-state index in [1.807, 2.05) is 30.3 Å². The molecule has 3 amide bonds. The van der Waals surface area contributed by atoms with Crippen LogP contribution in [-0.4, -0.2) is 66.0 Å². The number of nitrogens with zero attached hydrogens (tertiary/aromatic N) is 3. The van der Waals surface area contributed by atoms with Crippen molar-refractivity contribution < 1.29 is 19.1 Å². The monoisotopic (exact) mass is 455 g/mol. The number of ether oxygens (including phenoxy) is 1. The maximum Gasteiger partial charge on any atom is 0.410 e. The van der Waals surface area contributed by atoms with E-state index < -0.39 is 12.1 Å². The predicted octanol–water partition coefficient (Wildman–Crippen LogP) is 1.77. The zero-order chi connectivity index (χ0) is 23.8. The Kier molecular flexibility index (Phi) is 8.66. The number of carbonyl (C=O) groups is 3. The van der Waals surface area contributed by atoms with E-state index >= 15 is 0 Å². The zero-order valence-corrected chi connectivity index (χ0v) is 19.1. The Morgan fingerprint density at radius 2 is 1.91 bits per heavy atom. The van der Waals surface area contributed by atoms with Gasteiger partial charge in [0, 0.05) is 19.6 Å². The summed E-state index contributed by atoms with van der Waals surface area (Å²) in [7, 11) is 1.53. The van der Waals surface area contributed by atoms with Gasteiger partial charge in [-0.2, -0.15) is 5.26 Å². The topological polar surface area (TPSA) is 129 Å². The van der Waals surface area contributed by atoms with Crippen LogP contribution in [0.5, 0.6) is 0 Å². The van der Waals surface area contributed by atoms with E-state index in [2.05, 4.69) is 11.4 Å². The van der Waals surface area contributed by atoms with E-state index in [1.54, 1.807) is 4.90 Å². The molecule has 1 aliphatic carbocycles. The lowest BCUT2D eigenvalue weighted by atomic mass is 9.81. The Morgan fingerprint density at radius 3 is 2.58 bits per heavy atom. The standard InChI is InChI=1S/C24H33N5O4/c1-28(24(32)33-16-17-6-3-2-4-7-17)15-21(30)27-19-11-9-18(10-12-19)22(26)23(31)29-13-5-8-20(29)14-25/h2-4,6-7,18-20,22H,5,8-13,15-16,26H2,1H3,(H,27,30)/t18-,19-,20-,22-/m0/s1. The van der Waals surface area contributed by atoms with Gasteiger partial charge in [0.2, 0.25) is 11.8 Å². The quantitative estimate of drug-likeness (QED) is 0.645. The summed E-state index contributed by atoms with van der Waals surface area (Å²) in [6.45, 7) is 0.661. The molecule has 3 N–H and O–H groups in total. The van der Waals surface area contributed by atoms with Crippen molar-refractivity contribution >= 4 is 17.9 Å². The number of nitrogens with two attached hydrogens (primary N) is 1. The van der Waals surface area contributed by atoms with Crippen LogP contribution < -0.4 is 11.1 Å². The first-order chi connectivity index (χ1) is 15.9. The minimum absolute atomic E-state index is 0.0107. The minimum Gasteiger partial charge on any atom is -0.445 e. The molecule has 1 aromatic carbocycles. The summed E-state index contributed by atoms with van der Waals surface area (Å²) in [6.07, 6.45) is 3.91. The fourth-order valence-electron chi connectivity index (χ4n) is 4.56. The molecule has 3 rings (SSSR count). The Morgan fingerprint density at radius 1 is 1.21 bits per heavy atom. The second-order valence-corrected chi connectivity index (χ2v) is 8.92. The SMILES string of the molecule is CN(CC(=O)N[C@H]1CC[C@H]([C@H](N)C(=O)N2CCC[C@H]2C#N)CC1)C(=O)OCc1ccccc1. The predicted molar refractivity (Wildman–Crippen MR) is 121 cm³/mol. The molecule has 0 radical (unpaired) electrons. The average Bonchev–Trinajstić information content (AvgIpc) is 3.31. The van der Waals surface area contributed by atoms with Gasteiger partial charge in [0.25, 0.3) is 0 Å². The molecule has 1 heterocycles. The molecule has 0 spiro atoms. The average molecular weight is 456 g/mol. The van der Waals surface area contributed by atoms with E-state index in [1.165, 1.54) is 11.9 Å². The molecule has 2 fully saturated rings. The highest BCUT2D eigenvalue weighted by Crippen LogP contribution is 2.28. The number of amides is 3. The van der Waals surface area contributed by atoms with E-state index in [4.69, 9.17) is 10.5 Å². The van der Waals surface area contributed by atoms with Crippen molar-refractivity contribution in [2.75, 3.05) is 20.1 Å². The van der Waals surface area contributed by atoms with E-state index in [0.29, 0.717) is 13.0 Å². The van der Waals surface area contributed by atoms with Crippen LogP contribution in [0.3, 0.4) is 0 Å². The molecule has 9 heteroatoms. The first-order valence-corrected chi connectivity index (χ1v) is 11.6. The summed E-state index contributed by atoms with van der Waals surface area (Å²) in [4.78, 5) is 40.1. The smallest absolute Gasteiger partial charge is 0.410 e. The largest absolute Gasteiger partial charge is 0.445 e. The maximum absolute atomic E-state index is 12.7. The van der Waals surface area contributed by atoms with Gasteiger partial charge in [-0.1, -0.05) is 30.3 Å². The van der Waals surface area contributed by atoms with Crippen molar-refractivity contribution in [2.45, 2.75) is 63.3 Å². The lowest BCUT2D eigenvalue weighted by Crippen LogP contribution is -2.51. The first-order valence-electron chi connectivity index (χ1n) is 11.6. The lowest BCUT2D eigenvalue weighted by Gasteiger charge is -2.34. The summed E-state index contributed by atoms with van der Waals surface area (Å²) in [5.41, 5.74) is 7.14. The molecule has 2 aliphatic rings. The van der Waals surface area contributed by atoms with Crippen molar-refractivity contribution in [3.05, 3.63) is 35.9 Å². The fraction of sp³-hybridized carbons (Fsp3) is 0.583. The molecule has 0 bridgehead atoms. The normalized spacial score (nSPS) is 23.3. The van der Waals surface area contributed by atoms with Crippen LogP contribution in [0.2, 0.25) is 0 Å². The molecule has 1 aromatic rings. The molecule has 1 aliphatic heterocycles. The van der Waals surface area contributed by atoms with Crippen LogP contribution in [0.15, 0.2) is 30.3 Å². The fourth-order valence-corrected chi connectivity index (χ4v) is 4.56. The highest BCUT2D eigenvalue weighted by molar-refractivity contribution is 5.83. The minimum atomic E-state index is -0.610. The molecule has 1 saturated heterocycles. The number of rotatable bonds is 7. The molecule has 178 valence electrons. The van der Waals surface area contributed by atoms with Gasteiger partial charge >= 0.3 is 6.09 Å². The molecule has 33 heavy (non-hydrogen) atoms.